The van der Waals surface area contributed by atoms with Gasteiger partial charge in [0.05, 0.1) is 6.04 Å². The molecule has 1 unspecified atom stereocenters. The normalized spacial score (nSPS) is 12.7. The number of nitrogen functional groups attached to an aromatic ring is 1. The minimum atomic E-state index is -0.573. The molecular formula is C15H16F2N2. The van der Waals surface area contributed by atoms with Gasteiger partial charge >= 0.3 is 0 Å². The van der Waals surface area contributed by atoms with Crippen LogP contribution >= 0.6 is 0 Å². The van der Waals surface area contributed by atoms with Crippen LogP contribution in [0.25, 0.3) is 0 Å². The highest BCUT2D eigenvalue weighted by Crippen LogP contribution is 2.29. The SMILES string of the molecule is CN(C)C(c1ccc(N)cc1)c1ccc(F)cc1F. The Bertz CT molecular complexity index is 565. The van der Waals surface area contributed by atoms with Gasteiger partial charge in [-0.15, -0.1) is 0 Å². The second-order valence-corrected chi connectivity index (χ2v) is 4.70. The molecule has 0 aliphatic rings. The zero-order valence-corrected chi connectivity index (χ0v) is 10.9. The summed E-state index contributed by atoms with van der Waals surface area (Å²) < 4.78 is 26.9. The Kier molecular flexibility index (Phi) is 3.81. The molecule has 0 saturated carbocycles. The fourth-order valence-electron chi connectivity index (χ4n) is 2.16. The molecule has 0 amide bonds. The third-order valence-corrected chi connectivity index (χ3v) is 3.03. The monoisotopic (exact) mass is 262 g/mol. The molecule has 2 aromatic carbocycles. The molecule has 2 aromatic rings. The Labute approximate surface area is 111 Å². The summed E-state index contributed by atoms with van der Waals surface area (Å²) in [6.07, 6.45) is 0. The van der Waals surface area contributed by atoms with Crippen LogP contribution in [-0.2, 0) is 0 Å². The smallest absolute Gasteiger partial charge is 0.131 e. The van der Waals surface area contributed by atoms with E-state index in [2.05, 4.69) is 0 Å². The predicted octanol–water partition coefficient (Wildman–Crippen LogP) is 3.20. The second-order valence-electron chi connectivity index (χ2n) is 4.70. The summed E-state index contributed by atoms with van der Waals surface area (Å²) in [6.45, 7) is 0. The van der Waals surface area contributed by atoms with Crippen molar-refractivity contribution in [1.82, 2.24) is 4.90 Å². The van der Waals surface area contributed by atoms with Gasteiger partial charge in [0.1, 0.15) is 11.6 Å². The molecule has 0 aromatic heterocycles. The number of rotatable bonds is 3. The molecule has 0 aliphatic heterocycles. The Morgan fingerprint density at radius 2 is 1.63 bits per heavy atom. The highest BCUT2D eigenvalue weighted by Gasteiger charge is 2.20. The maximum Gasteiger partial charge on any atom is 0.131 e. The molecule has 100 valence electrons. The van der Waals surface area contributed by atoms with E-state index in [1.807, 2.05) is 31.1 Å². The summed E-state index contributed by atoms with van der Waals surface area (Å²) in [5.74, 6) is -1.12. The highest BCUT2D eigenvalue weighted by molar-refractivity contribution is 5.42. The van der Waals surface area contributed by atoms with Gasteiger partial charge in [0.2, 0.25) is 0 Å². The Morgan fingerprint density at radius 1 is 1.00 bits per heavy atom. The van der Waals surface area contributed by atoms with E-state index < -0.39 is 11.6 Å². The maximum atomic E-state index is 13.9. The van der Waals surface area contributed by atoms with Gasteiger partial charge in [0.15, 0.2) is 0 Å². The Balaban J connectivity index is 2.48. The van der Waals surface area contributed by atoms with Crippen molar-refractivity contribution in [3.8, 4) is 0 Å². The molecular weight excluding hydrogens is 246 g/mol. The van der Waals surface area contributed by atoms with Crippen molar-refractivity contribution in [2.75, 3.05) is 19.8 Å². The van der Waals surface area contributed by atoms with E-state index in [0.29, 0.717) is 11.3 Å². The van der Waals surface area contributed by atoms with Gasteiger partial charge < -0.3 is 5.73 Å². The molecule has 0 fully saturated rings. The average Bonchev–Trinajstić information content (AvgIpc) is 2.34. The Morgan fingerprint density at radius 3 is 2.16 bits per heavy atom. The summed E-state index contributed by atoms with van der Waals surface area (Å²) in [4.78, 5) is 1.88. The van der Waals surface area contributed by atoms with Gasteiger partial charge in [-0.05, 0) is 37.9 Å². The molecule has 2 N–H and O–H groups in total. The number of nitrogens with two attached hydrogens (primary N) is 1. The Hall–Kier alpha value is -1.94. The topological polar surface area (TPSA) is 29.3 Å². The van der Waals surface area contributed by atoms with Crippen LogP contribution in [-0.4, -0.2) is 19.0 Å². The first-order valence-corrected chi connectivity index (χ1v) is 5.96. The van der Waals surface area contributed by atoms with Crippen molar-refractivity contribution in [1.29, 1.82) is 0 Å². The van der Waals surface area contributed by atoms with Gasteiger partial charge in [-0.2, -0.15) is 0 Å². The summed E-state index contributed by atoms with van der Waals surface area (Å²) in [5, 5.41) is 0. The summed E-state index contributed by atoms with van der Waals surface area (Å²) in [5.41, 5.74) is 7.66. The minimum absolute atomic E-state index is 0.277. The highest BCUT2D eigenvalue weighted by atomic mass is 19.1. The largest absolute Gasteiger partial charge is 0.399 e. The van der Waals surface area contributed by atoms with Crippen LogP contribution < -0.4 is 5.73 Å². The fourth-order valence-corrected chi connectivity index (χ4v) is 2.16. The van der Waals surface area contributed by atoms with Crippen molar-refractivity contribution >= 4 is 5.69 Å². The number of anilines is 1. The molecule has 19 heavy (non-hydrogen) atoms. The molecule has 0 bridgehead atoms. The fraction of sp³-hybridized carbons (Fsp3) is 0.200. The average molecular weight is 262 g/mol. The van der Waals surface area contributed by atoms with E-state index in [1.54, 1.807) is 12.1 Å². The lowest BCUT2D eigenvalue weighted by Crippen LogP contribution is -2.22. The first-order valence-electron chi connectivity index (χ1n) is 5.96. The molecule has 0 radical (unpaired) electrons. The molecule has 2 rings (SSSR count). The van der Waals surface area contributed by atoms with Crippen LogP contribution in [0.15, 0.2) is 42.5 Å². The lowest BCUT2D eigenvalue weighted by atomic mass is 9.97. The van der Waals surface area contributed by atoms with E-state index in [-0.39, 0.29) is 6.04 Å². The number of hydrogen-bond donors (Lipinski definition) is 1. The van der Waals surface area contributed by atoms with Crippen molar-refractivity contribution in [3.05, 3.63) is 65.2 Å². The standard InChI is InChI=1S/C15H16F2N2/c1-19(2)15(10-3-6-12(18)7-4-10)13-8-5-11(16)9-14(13)17/h3-9,15H,18H2,1-2H3. The first kappa shape index (κ1) is 13.5. The zero-order chi connectivity index (χ0) is 14.0. The van der Waals surface area contributed by atoms with Crippen molar-refractivity contribution in [2.24, 2.45) is 0 Å². The molecule has 2 nitrogen and oxygen atoms in total. The predicted molar refractivity (Wildman–Crippen MR) is 72.7 cm³/mol. The van der Waals surface area contributed by atoms with Gasteiger partial charge in [-0.3, -0.25) is 4.90 Å². The van der Waals surface area contributed by atoms with Gasteiger partial charge in [-0.25, -0.2) is 8.78 Å². The van der Waals surface area contributed by atoms with Crippen LogP contribution in [0.4, 0.5) is 14.5 Å². The van der Waals surface area contributed by atoms with E-state index in [4.69, 9.17) is 5.73 Å². The summed E-state index contributed by atoms with van der Waals surface area (Å²) in [6, 6.07) is 10.6. The molecule has 0 saturated heterocycles. The number of hydrogen-bond acceptors (Lipinski definition) is 2. The van der Waals surface area contributed by atoms with E-state index in [0.717, 1.165) is 11.6 Å². The molecule has 0 heterocycles. The van der Waals surface area contributed by atoms with Crippen LogP contribution in [0, 0.1) is 11.6 Å². The third-order valence-electron chi connectivity index (χ3n) is 3.03. The van der Waals surface area contributed by atoms with Crippen LogP contribution in [0.3, 0.4) is 0 Å². The van der Waals surface area contributed by atoms with Crippen LogP contribution in [0.2, 0.25) is 0 Å². The van der Waals surface area contributed by atoms with Gasteiger partial charge in [-0.1, -0.05) is 18.2 Å². The van der Waals surface area contributed by atoms with E-state index in [1.165, 1.54) is 12.1 Å². The maximum absolute atomic E-state index is 13.9. The molecule has 0 aliphatic carbocycles. The summed E-state index contributed by atoms with van der Waals surface area (Å²) >= 11 is 0. The quantitative estimate of drug-likeness (QED) is 0.861. The zero-order valence-electron chi connectivity index (χ0n) is 10.9. The van der Waals surface area contributed by atoms with Crippen molar-refractivity contribution in [2.45, 2.75) is 6.04 Å². The minimum Gasteiger partial charge on any atom is -0.399 e. The van der Waals surface area contributed by atoms with E-state index >= 15 is 0 Å². The lowest BCUT2D eigenvalue weighted by Gasteiger charge is -2.25. The molecule has 0 spiro atoms. The van der Waals surface area contributed by atoms with Gasteiger partial charge in [0, 0.05) is 17.3 Å². The lowest BCUT2D eigenvalue weighted by molar-refractivity contribution is 0.333. The van der Waals surface area contributed by atoms with Crippen LogP contribution in [0.1, 0.15) is 17.2 Å². The van der Waals surface area contributed by atoms with Crippen LogP contribution in [0.5, 0.6) is 0 Å². The third kappa shape index (κ3) is 2.90. The molecule has 1 atom stereocenters. The van der Waals surface area contributed by atoms with Gasteiger partial charge in [0.25, 0.3) is 0 Å². The number of halogens is 2. The number of nitrogens with zero attached hydrogens (tertiary/aromatic N) is 1. The number of benzene rings is 2. The van der Waals surface area contributed by atoms with Crippen molar-refractivity contribution < 1.29 is 8.78 Å². The second kappa shape index (κ2) is 5.36. The first-order chi connectivity index (χ1) is 8.99. The van der Waals surface area contributed by atoms with E-state index in [9.17, 15) is 8.78 Å². The van der Waals surface area contributed by atoms with Crippen molar-refractivity contribution in [3.63, 3.8) is 0 Å². The molecule has 4 heteroatoms. The summed E-state index contributed by atoms with van der Waals surface area (Å²) in [7, 11) is 3.70.